The second-order valence-electron chi connectivity index (χ2n) is 4.68. The van der Waals surface area contributed by atoms with E-state index in [1.54, 1.807) is 0 Å². The van der Waals surface area contributed by atoms with Gasteiger partial charge in [0, 0.05) is 6.54 Å². The maximum absolute atomic E-state index is 11.1. The van der Waals surface area contributed by atoms with E-state index in [0.717, 1.165) is 6.54 Å². The zero-order valence-corrected chi connectivity index (χ0v) is 10.9. The van der Waals surface area contributed by atoms with Crippen LogP contribution in [0.25, 0.3) is 0 Å². The lowest BCUT2D eigenvalue weighted by Gasteiger charge is -2.22. The molecule has 1 aliphatic rings. The summed E-state index contributed by atoms with van der Waals surface area (Å²) >= 11 is 4.88. The molecule has 1 aliphatic carbocycles. The summed E-state index contributed by atoms with van der Waals surface area (Å²) in [4.78, 5) is 11.1. The van der Waals surface area contributed by atoms with Gasteiger partial charge in [-0.15, -0.1) is 0 Å². The number of rotatable bonds is 4. The van der Waals surface area contributed by atoms with Crippen LogP contribution in [0.1, 0.15) is 42.5 Å². The molecule has 6 heteroatoms. The van der Waals surface area contributed by atoms with Gasteiger partial charge in [0.1, 0.15) is 10.2 Å². The number of nitrogens with zero attached hydrogens (tertiary/aromatic N) is 1. The van der Waals surface area contributed by atoms with E-state index in [2.05, 4.69) is 15.5 Å². The molecule has 0 aliphatic heterocycles. The Morgan fingerprint density at radius 3 is 2.89 bits per heavy atom. The zero-order valence-electron chi connectivity index (χ0n) is 10.1. The number of H-pyrrole nitrogens is 1. The molecule has 5 nitrogen and oxygen atoms in total. The molecular weight excluding hydrogens is 250 g/mol. The average Bonchev–Trinajstić information content (AvgIpc) is 2.38. The summed E-state index contributed by atoms with van der Waals surface area (Å²) in [5.74, 6) is -0.0132. The van der Waals surface area contributed by atoms with Crippen LogP contribution in [-0.4, -0.2) is 27.8 Å². The van der Waals surface area contributed by atoms with Crippen molar-refractivity contribution in [2.75, 3.05) is 11.9 Å². The minimum atomic E-state index is -1.01. The van der Waals surface area contributed by atoms with Crippen molar-refractivity contribution in [3.05, 3.63) is 16.3 Å². The Labute approximate surface area is 111 Å². The fraction of sp³-hybridized carbons (Fsp3) is 0.583. The molecule has 0 amide bonds. The van der Waals surface area contributed by atoms with E-state index in [0.29, 0.717) is 16.4 Å². The summed E-state index contributed by atoms with van der Waals surface area (Å²) in [5.41, 5.74) is 0.134. The molecule has 0 unspecified atom stereocenters. The third-order valence-corrected chi connectivity index (χ3v) is 3.53. The Hall–Kier alpha value is -1.43. The third kappa shape index (κ3) is 3.29. The Balaban J connectivity index is 2.04. The number of carbonyl (C=O) groups is 1. The van der Waals surface area contributed by atoms with Gasteiger partial charge >= 0.3 is 5.97 Å². The number of carboxylic acid groups (broad SMARTS) is 1. The normalized spacial score (nSPS) is 16.4. The number of aromatic amines is 1. The first-order chi connectivity index (χ1) is 8.66. The lowest BCUT2D eigenvalue weighted by Crippen LogP contribution is -2.19. The van der Waals surface area contributed by atoms with Crippen molar-refractivity contribution in [1.82, 2.24) is 10.2 Å². The Morgan fingerprint density at radius 1 is 1.50 bits per heavy atom. The number of hydrogen-bond donors (Lipinski definition) is 3. The van der Waals surface area contributed by atoms with Crippen LogP contribution < -0.4 is 5.32 Å². The fourth-order valence-electron chi connectivity index (χ4n) is 2.33. The Bertz CT molecular complexity index is 480. The molecule has 0 saturated heterocycles. The minimum Gasteiger partial charge on any atom is -0.478 e. The maximum Gasteiger partial charge on any atom is 0.339 e. The summed E-state index contributed by atoms with van der Waals surface area (Å²) in [5, 5.41) is 18.8. The van der Waals surface area contributed by atoms with Crippen LogP contribution >= 0.6 is 12.2 Å². The third-order valence-electron chi connectivity index (χ3n) is 3.32. The van der Waals surface area contributed by atoms with Gasteiger partial charge in [0.25, 0.3) is 0 Å². The van der Waals surface area contributed by atoms with Gasteiger partial charge in [-0.25, -0.2) is 4.79 Å². The molecule has 0 radical (unpaired) electrons. The molecule has 98 valence electrons. The van der Waals surface area contributed by atoms with E-state index in [1.807, 2.05) is 0 Å². The first kappa shape index (κ1) is 13.0. The largest absolute Gasteiger partial charge is 0.478 e. The monoisotopic (exact) mass is 267 g/mol. The van der Waals surface area contributed by atoms with Crippen molar-refractivity contribution in [3.8, 4) is 0 Å². The molecule has 0 aromatic carbocycles. The smallest absolute Gasteiger partial charge is 0.339 e. The van der Waals surface area contributed by atoms with E-state index >= 15 is 0 Å². The van der Waals surface area contributed by atoms with Crippen LogP contribution in [0.5, 0.6) is 0 Å². The van der Waals surface area contributed by atoms with Gasteiger partial charge in [0.15, 0.2) is 5.82 Å². The summed E-state index contributed by atoms with van der Waals surface area (Å²) in [6.07, 6.45) is 6.26. The van der Waals surface area contributed by atoms with Gasteiger partial charge in [0.05, 0.1) is 0 Å². The lowest BCUT2D eigenvalue weighted by molar-refractivity contribution is 0.0697. The molecule has 0 bridgehead atoms. The predicted octanol–water partition coefficient (Wildman–Crippen LogP) is 2.83. The molecule has 3 N–H and O–H groups in total. The Kier molecular flexibility index (Phi) is 4.30. The van der Waals surface area contributed by atoms with Crippen molar-refractivity contribution >= 4 is 24.0 Å². The summed E-state index contributed by atoms with van der Waals surface area (Å²) in [6, 6.07) is 1.42. The number of hydrogen-bond acceptors (Lipinski definition) is 4. The number of nitrogens with one attached hydrogen (secondary N) is 2. The van der Waals surface area contributed by atoms with Crippen LogP contribution in [0.15, 0.2) is 6.07 Å². The van der Waals surface area contributed by atoms with Gasteiger partial charge in [-0.05, 0) is 24.8 Å². The number of aromatic nitrogens is 2. The van der Waals surface area contributed by atoms with Gasteiger partial charge in [-0.1, -0.05) is 31.5 Å². The average molecular weight is 267 g/mol. The van der Waals surface area contributed by atoms with Crippen LogP contribution in [0, 0.1) is 10.6 Å². The van der Waals surface area contributed by atoms with Gasteiger partial charge < -0.3 is 10.4 Å². The van der Waals surface area contributed by atoms with Gasteiger partial charge in [-0.3, -0.25) is 5.10 Å². The van der Waals surface area contributed by atoms with Crippen molar-refractivity contribution < 1.29 is 9.90 Å². The second-order valence-corrected chi connectivity index (χ2v) is 5.12. The fourth-order valence-corrected chi connectivity index (χ4v) is 2.50. The molecule has 1 aromatic rings. The first-order valence-electron chi connectivity index (χ1n) is 6.23. The van der Waals surface area contributed by atoms with Gasteiger partial charge in [-0.2, -0.15) is 5.10 Å². The molecule has 0 spiro atoms. The highest BCUT2D eigenvalue weighted by atomic mass is 32.1. The first-order valence-corrected chi connectivity index (χ1v) is 6.64. The highest BCUT2D eigenvalue weighted by Crippen LogP contribution is 2.24. The quantitative estimate of drug-likeness (QED) is 0.731. The zero-order chi connectivity index (χ0) is 13.0. The van der Waals surface area contributed by atoms with Gasteiger partial charge in [0.2, 0.25) is 0 Å². The number of carboxylic acids is 1. The molecular formula is C12H17N3O2S. The summed E-state index contributed by atoms with van der Waals surface area (Å²) < 4.78 is 0.329. The molecule has 2 rings (SSSR count). The predicted molar refractivity (Wildman–Crippen MR) is 71.4 cm³/mol. The van der Waals surface area contributed by atoms with Crippen molar-refractivity contribution in [1.29, 1.82) is 0 Å². The van der Waals surface area contributed by atoms with Crippen molar-refractivity contribution in [3.63, 3.8) is 0 Å². The molecule has 1 saturated carbocycles. The maximum atomic E-state index is 11.1. The van der Waals surface area contributed by atoms with E-state index in [-0.39, 0.29) is 5.56 Å². The van der Waals surface area contributed by atoms with Crippen molar-refractivity contribution in [2.24, 2.45) is 5.92 Å². The van der Waals surface area contributed by atoms with E-state index in [9.17, 15) is 4.79 Å². The molecule has 1 fully saturated rings. The summed E-state index contributed by atoms with van der Waals surface area (Å²) in [7, 11) is 0. The molecule has 18 heavy (non-hydrogen) atoms. The standard InChI is InChI=1S/C12H17N3O2S/c16-12(17)9-6-10(18)14-15-11(9)13-7-8-4-2-1-3-5-8/h6,8H,1-5,7H2,(H,13,15)(H,14,18)(H,16,17). The number of anilines is 1. The van der Waals surface area contributed by atoms with Crippen LogP contribution in [0.4, 0.5) is 5.82 Å². The van der Waals surface area contributed by atoms with Crippen LogP contribution in [-0.2, 0) is 0 Å². The van der Waals surface area contributed by atoms with Crippen molar-refractivity contribution in [2.45, 2.75) is 32.1 Å². The molecule has 0 atom stereocenters. The molecule has 1 aromatic heterocycles. The lowest BCUT2D eigenvalue weighted by atomic mass is 9.89. The minimum absolute atomic E-state index is 0.134. The van der Waals surface area contributed by atoms with E-state index in [1.165, 1.54) is 38.2 Å². The van der Waals surface area contributed by atoms with E-state index in [4.69, 9.17) is 17.3 Å². The summed E-state index contributed by atoms with van der Waals surface area (Å²) in [6.45, 7) is 0.776. The second kappa shape index (κ2) is 5.95. The highest BCUT2D eigenvalue weighted by Gasteiger charge is 2.16. The molecule has 1 heterocycles. The Morgan fingerprint density at radius 2 is 2.22 bits per heavy atom. The van der Waals surface area contributed by atoms with Crippen LogP contribution in [0.3, 0.4) is 0 Å². The SMILES string of the molecule is O=C(O)c1cc(=S)[nH]nc1NCC1CCCCC1. The highest BCUT2D eigenvalue weighted by molar-refractivity contribution is 7.71. The van der Waals surface area contributed by atoms with E-state index < -0.39 is 5.97 Å². The number of aromatic carboxylic acids is 1. The topological polar surface area (TPSA) is 78.0 Å². The van der Waals surface area contributed by atoms with Crippen LogP contribution in [0.2, 0.25) is 0 Å².